The number of hydrogen-bond donors (Lipinski definition) is 2. The van der Waals surface area contributed by atoms with Crippen molar-refractivity contribution in [1.29, 1.82) is 0 Å². The van der Waals surface area contributed by atoms with Crippen LogP contribution in [0.2, 0.25) is 0 Å². The molecule has 0 aromatic carbocycles. The first-order chi connectivity index (χ1) is 6.77. The van der Waals surface area contributed by atoms with Crippen LogP contribution < -0.4 is 5.73 Å². The summed E-state index contributed by atoms with van der Waals surface area (Å²) >= 11 is 3.29. The third-order valence-electron chi connectivity index (χ3n) is 1.70. The lowest BCUT2D eigenvalue weighted by atomic mass is 10.2. The highest BCUT2D eigenvalue weighted by Gasteiger charge is 2.10. The van der Waals surface area contributed by atoms with E-state index in [-0.39, 0.29) is 19.3 Å². The van der Waals surface area contributed by atoms with Crippen molar-refractivity contribution in [3.8, 4) is 0 Å². The van der Waals surface area contributed by atoms with Crippen LogP contribution in [-0.2, 0) is 4.74 Å². The number of aliphatic hydroxyl groups excluding tert-OH is 1. The van der Waals surface area contributed by atoms with Gasteiger partial charge < -0.3 is 15.6 Å². The maximum atomic E-state index is 8.61. The Labute approximate surface area is 91.2 Å². The summed E-state index contributed by atoms with van der Waals surface area (Å²) in [6.07, 6.45) is 1.45. The lowest BCUT2D eigenvalue weighted by Gasteiger charge is -2.14. The summed E-state index contributed by atoms with van der Waals surface area (Å²) in [5.41, 5.74) is 6.31. The number of aromatic nitrogens is 1. The maximum Gasteiger partial charge on any atom is 0.112 e. The molecule has 4 nitrogen and oxygen atoms in total. The Kier molecular flexibility index (Phi) is 5.03. The zero-order chi connectivity index (χ0) is 10.4. The molecule has 5 heteroatoms. The number of pyridine rings is 1. The highest BCUT2D eigenvalue weighted by atomic mass is 79.9. The first kappa shape index (κ1) is 11.6. The molecule has 0 aliphatic rings. The molecule has 1 aromatic heterocycles. The van der Waals surface area contributed by atoms with Gasteiger partial charge >= 0.3 is 0 Å². The van der Waals surface area contributed by atoms with Crippen molar-refractivity contribution in [2.24, 2.45) is 5.73 Å². The lowest BCUT2D eigenvalue weighted by Crippen LogP contribution is -2.18. The van der Waals surface area contributed by atoms with Crippen molar-refractivity contribution in [2.45, 2.75) is 6.10 Å². The first-order valence-corrected chi connectivity index (χ1v) is 5.11. The molecule has 14 heavy (non-hydrogen) atoms. The summed E-state index contributed by atoms with van der Waals surface area (Å²) in [4.78, 5) is 4.17. The van der Waals surface area contributed by atoms with Crippen LogP contribution >= 0.6 is 15.9 Å². The minimum atomic E-state index is -0.241. The van der Waals surface area contributed by atoms with E-state index < -0.39 is 0 Å². The van der Waals surface area contributed by atoms with Crippen molar-refractivity contribution in [3.05, 3.63) is 28.5 Å². The number of rotatable bonds is 5. The van der Waals surface area contributed by atoms with Gasteiger partial charge in [-0.05, 0) is 28.1 Å². The molecule has 0 saturated carbocycles. The van der Waals surface area contributed by atoms with Gasteiger partial charge in [0.2, 0.25) is 0 Å². The van der Waals surface area contributed by atoms with E-state index in [0.29, 0.717) is 6.54 Å². The van der Waals surface area contributed by atoms with Crippen LogP contribution in [0.3, 0.4) is 0 Å². The first-order valence-electron chi connectivity index (χ1n) is 4.32. The molecule has 1 heterocycles. The minimum Gasteiger partial charge on any atom is -0.394 e. The van der Waals surface area contributed by atoms with Gasteiger partial charge in [0.25, 0.3) is 0 Å². The van der Waals surface area contributed by atoms with E-state index in [0.717, 1.165) is 10.2 Å². The van der Waals surface area contributed by atoms with Crippen molar-refractivity contribution in [2.75, 3.05) is 19.8 Å². The third-order valence-corrected chi connectivity index (χ3v) is 2.17. The Morgan fingerprint density at radius 3 is 2.86 bits per heavy atom. The molecule has 3 N–H and O–H groups in total. The van der Waals surface area contributed by atoms with Gasteiger partial charge in [0.15, 0.2) is 0 Å². The van der Waals surface area contributed by atoms with Gasteiger partial charge in [-0.1, -0.05) is 0 Å². The van der Waals surface area contributed by atoms with Gasteiger partial charge in [0.1, 0.15) is 6.10 Å². The predicted molar refractivity (Wildman–Crippen MR) is 56.8 cm³/mol. The number of aliphatic hydroxyl groups is 1. The Balaban J connectivity index is 2.64. The van der Waals surface area contributed by atoms with E-state index in [2.05, 4.69) is 20.9 Å². The number of ether oxygens (including phenoxy) is 1. The summed E-state index contributed by atoms with van der Waals surface area (Å²) in [6.45, 7) is 0.626. The standard InChI is InChI=1S/C9H13BrN2O2/c10-7-1-2-8(12-6-7)9(5-11)14-4-3-13/h1-2,6,9,13H,3-5,11H2. The summed E-state index contributed by atoms with van der Waals surface area (Å²) in [7, 11) is 0. The summed E-state index contributed by atoms with van der Waals surface area (Å²) in [5, 5.41) is 8.61. The van der Waals surface area contributed by atoms with Crippen LogP contribution in [0.1, 0.15) is 11.8 Å². The van der Waals surface area contributed by atoms with Crippen LogP contribution in [0.4, 0.5) is 0 Å². The number of nitrogens with zero attached hydrogens (tertiary/aromatic N) is 1. The van der Waals surface area contributed by atoms with Crippen molar-refractivity contribution in [3.63, 3.8) is 0 Å². The number of nitrogens with two attached hydrogens (primary N) is 1. The van der Waals surface area contributed by atoms with Gasteiger partial charge in [-0.25, -0.2) is 0 Å². The molecule has 0 spiro atoms. The molecule has 0 radical (unpaired) electrons. The van der Waals surface area contributed by atoms with Gasteiger partial charge in [0, 0.05) is 17.2 Å². The van der Waals surface area contributed by atoms with Crippen molar-refractivity contribution < 1.29 is 9.84 Å². The van der Waals surface area contributed by atoms with E-state index in [4.69, 9.17) is 15.6 Å². The molecular formula is C9H13BrN2O2. The fourth-order valence-corrected chi connectivity index (χ4v) is 1.28. The van der Waals surface area contributed by atoms with Gasteiger partial charge in [-0.3, -0.25) is 4.98 Å². The highest BCUT2D eigenvalue weighted by Crippen LogP contribution is 2.15. The quantitative estimate of drug-likeness (QED) is 0.824. The molecule has 0 aliphatic carbocycles. The summed E-state index contributed by atoms with van der Waals surface area (Å²) < 4.78 is 6.23. The van der Waals surface area contributed by atoms with Crippen LogP contribution in [0, 0.1) is 0 Å². The Morgan fingerprint density at radius 1 is 1.57 bits per heavy atom. The molecule has 0 aliphatic heterocycles. The molecule has 0 bridgehead atoms. The molecule has 0 amide bonds. The van der Waals surface area contributed by atoms with Crippen molar-refractivity contribution >= 4 is 15.9 Å². The van der Waals surface area contributed by atoms with Crippen LogP contribution in [0.25, 0.3) is 0 Å². The molecule has 0 saturated heterocycles. The lowest BCUT2D eigenvalue weighted by molar-refractivity contribution is 0.0306. The maximum absolute atomic E-state index is 8.61. The van der Waals surface area contributed by atoms with E-state index in [1.54, 1.807) is 6.20 Å². The van der Waals surface area contributed by atoms with E-state index in [1.165, 1.54) is 0 Å². The smallest absolute Gasteiger partial charge is 0.112 e. The van der Waals surface area contributed by atoms with Crippen LogP contribution in [-0.4, -0.2) is 29.8 Å². The van der Waals surface area contributed by atoms with Gasteiger partial charge in [-0.2, -0.15) is 0 Å². The fraction of sp³-hybridized carbons (Fsp3) is 0.444. The van der Waals surface area contributed by atoms with Gasteiger partial charge in [-0.15, -0.1) is 0 Å². The number of halogens is 1. The zero-order valence-electron chi connectivity index (χ0n) is 7.69. The second kappa shape index (κ2) is 6.08. The van der Waals surface area contributed by atoms with Crippen LogP contribution in [0.15, 0.2) is 22.8 Å². The Morgan fingerprint density at radius 2 is 2.36 bits per heavy atom. The summed E-state index contributed by atoms with van der Waals surface area (Å²) in [5.74, 6) is 0. The van der Waals surface area contributed by atoms with Crippen LogP contribution in [0.5, 0.6) is 0 Å². The zero-order valence-corrected chi connectivity index (χ0v) is 9.27. The minimum absolute atomic E-state index is 0.00692. The molecule has 1 rings (SSSR count). The number of hydrogen-bond acceptors (Lipinski definition) is 4. The predicted octanol–water partition coefficient (Wildman–Crippen LogP) is 0.853. The fourth-order valence-electron chi connectivity index (χ4n) is 1.05. The normalized spacial score (nSPS) is 12.8. The third kappa shape index (κ3) is 3.34. The average molecular weight is 261 g/mol. The van der Waals surface area contributed by atoms with E-state index in [1.807, 2.05) is 12.1 Å². The molecular weight excluding hydrogens is 248 g/mol. The Hall–Kier alpha value is -0.490. The average Bonchev–Trinajstić information content (AvgIpc) is 2.21. The molecule has 0 fully saturated rings. The summed E-state index contributed by atoms with van der Waals surface area (Å²) in [6, 6.07) is 3.73. The molecule has 1 aromatic rings. The highest BCUT2D eigenvalue weighted by molar-refractivity contribution is 9.10. The topological polar surface area (TPSA) is 68.4 Å². The molecule has 1 unspecified atom stereocenters. The second-order valence-corrected chi connectivity index (χ2v) is 3.64. The second-order valence-electron chi connectivity index (χ2n) is 2.72. The monoisotopic (exact) mass is 260 g/mol. The largest absolute Gasteiger partial charge is 0.394 e. The molecule has 78 valence electrons. The molecule has 1 atom stereocenters. The van der Waals surface area contributed by atoms with Crippen molar-refractivity contribution in [1.82, 2.24) is 4.98 Å². The SMILES string of the molecule is NCC(OCCO)c1ccc(Br)cn1. The van der Waals surface area contributed by atoms with Gasteiger partial charge in [0.05, 0.1) is 18.9 Å². The van der Waals surface area contributed by atoms with E-state index >= 15 is 0 Å². The van der Waals surface area contributed by atoms with E-state index in [9.17, 15) is 0 Å². The Bertz CT molecular complexity index is 266.